The maximum absolute atomic E-state index is 5.98. The van der Waals surface area contributed by atoms with E-state index >= 15 is 0 Å². The molecule has 0 bridgehead atoms. The van der Waals surface area contributed by atoms with Crippen molar-refractivity contribution in [3.05, 3.63) is 28.8 Å². The lowest BCUT2D eigenvalue weighted by atomic mass is 10.1. The van der Waals surface area contributed by atoms with E-state index in [2.05, 4.69) is 25.1 Å². The lowest BCUT2D eigenvalue weighted by Crippen LogP contribution is -2.24. The first kappa shape index (κ1) is 13.9. The normalized spacial score (nSPS) is 11.9. The molecule has 0 aliphatic carbocycles. The fourth-order valence-corrected chi connectivity index (χ4v) is 1.57. The van der Waals surface area contributed by atoms with Gasteiger partial charge >= 0.3 is 0 Å². The maximum Gasteiger partial charge on any atom is 0.148 e. The Hall–Kier alpha value is -1.17. The maximum atomic E-state index is 5.98. The lowest BCUT2D eigenvalue weighted by Gasteiger charge is -2.14. The average Bonchev–Trinajstić information content (AvgIpc) is 2.34. The Bertz CT molecular complexity index is 398. The summed E-state index contributed by atoms with van der Waals surface area (Å²) in [5, 5.41) is 4.11. The minimum Gasteiger partial charge on any atom is -0.481 e. The summed E-state index contributed by atoms with van der Waals surface area (Å²) in [4.78, 5) is 0. The van der Waals surface area contributed by atoms with Gasteiger partial charge in [-0.05, 0) is 31.5 Å². The molecule has 0 radical (unpaired) electrons. The molecule has 1 rings (SSSR count). The van der Waals surface area contributed by atoms with E-state index in [0.717, 1.165) is 24.3 Å². The van der Waals surface area contributed by atoms with Gasteiger partial charge in [-0.2, -0.15) is 0 Å². The molecule has 0 unspecified atom stereocenters. The molecule has 0 amide bonds. The molecule has 0 aromatic heterocycles. The Labute approximate surface area is 108 Å². The van der Waals surface area contributed by atoms with Crippen LogP contribution in [0.5, 0.6) is 5.75 Å². The summed E-state index contributed by atoms with van der Waals surface area (Å²) in [6.07, 6.45) is 6.27. The number of benzene rings is 1. The van der Waals surface area contributed by atoms with E-state index in [4.69, 9.17) is 22.8 Å². The number of hydrogen-bond donors (Lipinski definition) is 1. The molecule has 1 atom stereocenters. The number of hydrogen-bond acceptors (Lipinski definition) is 2. The zero-order chi connectivity index (χ0) is 12.7. The van der Waals surface area contributed by atoms with Crippen LogP contribution in [-0.2, 0) is 6.54 Å². The van der Waals surface area contributed by atoms with Crippen LogP contribution in [0.2, 0.25) is 5.02 Å². The summed E-state index contributed by atoms with van der Waals surface area (Å²) in [6.45, 7) is 5.30. The standard InChI is InChI=1S/C14H18ClNO/c1-4-8-17-14-7-6-13(15)9-12(14)10-16-11(3)5-2/h1,6-7,9,11,16H,5,8,10H2,2-3H3/t11-/m1/s1. The van der Waals surface area contributed by atoms with Crippen molar-refractivity contribution in [1.82, 2.24) is 5.32 Å². The highest BCUT2D eigenvalue weighted by Crippen LogP contribution is 2.23. The van der Waals surface area contributed by atoms with Crippen molar-refractivity contribution in [3.63, 3.8) is 0 Å². The number of halogens is 1. The van der Waals surface area contributed by atoms with Crippen molar-refractivity contribution in [1.29, 1.82) is 0 Å². The van der Waals surface area contributed by atoms with Crippen LogP contribution in [0.25, 0.3) is 0 Å². The number of nitrogens with one attached hydrogen (secondary N) is 1. The van der Waals surface area contributed by atoms with E-state index in [1.165, 1.54) is 0 Å². The van der Waals surface area contributed by atoms with Crippen molar-refractivity contribution in [2.45, 2.75) is 32.9 Å². The van der Waals surface area contributed by atoms with E-state index in [-0.39, 0.29) is 6.61 Å². The highest BCUT2D eigenvalue weighted by molar-refractivity contribution is 6.30. The largest absolute Gasteiger partial charge is 0.481 e. The summed E-state index contributed by atoms with van der Waals surface area (Å²) in [7, 11) is 0. The highest BCUT2D eigenvalue weighted by atomic mass is 35.5. The van der Waals surface area contributed by atoms with Gasteiger partial charge in [0.15, 0.2) is 0 Å². The second kappa shape index (κ2) is 7.21. The van der Waals surface area contributed by atoms with Crippen LogP contribution in [0.3, 0.4) is 0 Å². The summed E-state index contributed by atoms with van der Waals surface area (Å²) in [5.74, 6) is 3.25. The zero-order valence-corrected chi connectivity index (χ0v) is 11.1. The van der Waals surface area contributed by atoms with E-state index in [1.54, 1.807) is 6.07 Å². The number of rotatable bonds is 6. The average molecular weight is 252 g/mol. The van der Waals surface area contributed by atoms with Gasteiger partial charge in [-0.15, -0.1) is 6.42 Å². The summed E-state index contributed by atoms with van der Waals surface area (Å²) in [6, 6.07) is 6.03. The Balaban J connectivity index is 2.73. The topological polar surface area (TPSA) is 21.3 Å². The van der Waals surface area contributed by atoms with Gasteiger partial charge in [0, 0.05) is 23.2 Å². The molecule has 0 fully saturated rings. The lowest BCUT2D eigenvalue weighted by molar-refractivity contribution is 0.363. The number of ether oxygens (including phenoxy) is 1. The van der Waals surface area contributed by atoms with Crippen LogP contribution in [0.4, 0.5) is 0 Å². The molecule has 0 spiro atoms. The van der Waals surface area contributed by atoms with Crippen LogP contribution >= 0.6 is 11.6 Å². The zero-order valence-electron chi connectivity index (χ0n) is 10.3. The smallest absolute Gasteiger partial charge is 0.148 e. The van der Waals surface area contributed by atoms with Gasteiger partial charge in [0.05, 0.1) is 0 Å². The summed E-state index contributed by atoms with van der Waals surface area (Å²) in [5.41, 5.74) is 1.04. The van der Waals surface area contributed by atoms with Crippen LogP contribution in [0.1, 0.15) is 25.8 Å². The third-order valence-corrected chi connectivity index (χ3v) is 2.82. The monoisotopic (exact) mass is 251 g/mol. The summed E-state index contributed by atoms with van der Waals surface area (Å²) < 4.78 is 5.47. The predicted molar refractivity (Wildman–Crippen MR) is 72.4 cm³/mol. The molecule has 0 heterocycles. The first-order valence-electron chi connectivity index (χ1n) is 5.75. The van der Waals surface area contributed by atoms with E-state index in [9.17, 15) is 0 Å². The minimum absolute atomic E-state index is 0.276. The summed E-state index contributed by atoms with van der Waals surface area (Å²) >= 11 is 5.98. The van der Waals surface area contributed by atoms with Gasteiger partial charge in [-0.1, -0.05) is 24.4 Å². The molecular weight excluding hydrogens is 234 g/mol. The quantitative estimate of drug-likeness (QED) is 0.784. The molecule has 0 saturated carbocycles. The minimum atomic E-state index is 0.276. The van der Waals surface area contributed by atoms with Gasteiger partial charge in [0.1, 0.15) is 12.4 Å². The first-order chi connectivity index (χ1) is 8.17. The molecular formula is C14H18ClNO. The second-order valence-corrected chi connectivity index (χ2v) is 4.37. The van der Waals surface area contributed by atoms with Gasteiger partial charge in [0.2, 0.25) is 0 Å². The molecule has 1 N–H and O–H groups in total. The Morgan fingerprint density at radius 1 is 1.53 bits per heavy atom. The SMILES string of the molecule is C#CCOc1ccc(Cl)cc1CN[C@H](C)CC. The molecule has 17 heavy (non-hydrogen) atoms. The molecule has 0 aliphatic rings. The first-order valence-corrected chi connectivity index (χ1v) is 6.13. The van der Waals surface area contributed by atoms with Gasteiger partial charge in [0.25, 0.3) is 0 Å². The molecule has 3 heteroatoms. The second-order valence-electron chi connectivity index (χ2n) is 3.94. The van der Waals surface area contributed by atoms with Crippen molar-refractivity contribution in [3.8, 4) is 18.1 Å². The number of terminal acetylenes is 1. The molecule has 1 aromatic carbocycles. The van der Waals surface area contributed by atoms with Crippen LogP contribution < -0.4 is 10.1 Å². The Kier molecular flexibility index (Phi) is 5.90. The molecule has 0 aliphatic heterocycles. The van der Waals surface area contributed by atoms with Crippen LogP contribution in [0, 0.1) is 12.3 Å². The van der Waals surface area contributed by atoms with E-state index < -0.39 is 0 Å². The van der Waals surface area contributed by atoms with E-state index in [0.29, 0.717) is 11.1 Å². The van der Waals surface area contributed by atoms with Gasteiger partial charge in [-0.25, -0.2) is 0 Å². The fourth-order valence-electron chi connectivity index (χ4n) is 1.37. The van der Waals surface area contributed by atoms with Crippen molar-refractivity contribution < 1.29 is 4.74 Å². The van der Waals surface area contributed by atoms with Gasteiger partial charge in [-0.3, -0.25) is 0 Å². The molecule has 0 saturated heterocycles. The van der Waals surface area contributed by atoms with Gasteiger partial charge < -0.3 is 10.1 Å². The van der Waals surface area contributed by atoms with Crippen LogP contribution in [-0.4, -0.2) is 12.6 Å². The molecule has 2 nitrogen and oxygen atoms in total. The van der Waals surface area contributed by atoms with Crippen LogP contribution in [0.15, 0.2) is 18.2 Å². The fraction of sp³-hybridized carbons (Fsp3) is 0.429. The third kappa shape index (κ3) is 4.68. The highest BCUT2D eigenvalue weighted by Gasteiger charge is 2.06. The van der Waals surface area contributed by atoms with Crippen molar-refractivity contribution in [2.75, 3.05) is 6.61 Å². The third-order valence-electron chi connectivity index (χ3n) is 2.59. The predicted octanol–water partition coefficient (Wildman–Crippen LogP) is 3.24. The molecule has 92 valence electrons. The molecule has 1 aromatic rings. The van der Waals surface area contributed by atoms with E-state index in [1.807, 2.05) is 12.1 Å². The Morgan fingerprint density at radius 3 is 2.94 bits per heavy atom. The Morgan fingerprint density at radius 2 is 2.29 bits per heavy atom. The van der Waals surface area contributed by atoms with Crippen molar-refractivity contribution >= 4 is 11.6 Å². The van der Waals surface area contributed by atoms with Crippen molar-refractivity contribution in [2.24, 2.45) is 0 Å².